The van der Waals surface area contributed by atoms with Gasteiger partial charge in [0.25, 0.3) is 0 Å². The zero-order valence-electron chi connectivity index (χ0n) is 9.59. The Labute approximate surface area is 86.5 Å². The van der Waals surface area contributed by atoms with E-state index in [0.717, 1.165) is 12.8 Å². The number of hydrogen-bond donors (Lipinski definition) is 1. The molecule has 0 aromatic carbocycles. The van der Waals surface area contributed by atoms with Crippen LogP contribution in [0, 0.1) is 0 Å². The van der Waals surface area contributed by atoms with E-state index in [1.165, 1.54) is 0 Å². The minimum Gasteiger partial charge on any atom is -0.444 e. The molecular formula is C11H21NO2. The molecule has 0 aromatic rings. The molecule has 0 rings (SSSR count). The Hall–Kier alpha value is -0.990. The number of rotatable bonds is 4. The van der Waals surface area contributed by atoms with Gasteiger partial charge in [-0.25, -0.2) is 4.79 Å². The number of nitrogens with one attached hydrogen (secondary N) is 1. The average Bonchev–Trinajstić information content (AvgIpc) is 2.00. The normalized spacial score (nSPS) is 11.7. The highest BCUT2D eigenvalue weighted by Gasteiger charge is 2.14. The van der Waals surface area contributed by atoms with Crippen LogP contribution in [0.4, 0.5) is 4.79 Å². The molecule has 0 heterocycles. The van der Waals surface area contributed by atoms with Crippen molar-refractivity contribution < 1.29 is 9.53 Å². The molecule has 14 heavy (non-hydrogen) atoms. The standard InChI is InChI=1S/C11H21NO2/c1-5-6-7-8-9-12-10(13)14-11(2,3)4/h7-8H,5-6,9H2,1-4H3,(H,12,13). The fraction of sp³-hybridized carbons (Fsp3) is 0.727. The molecule has 0 atom stereocenters. The van der Waals surface area contributed by atoms with Crippen LogP contribution < -0.4 is 5.32 Å². The van der Waals surface area contributed by atoms with E-state index in [4.69, 9.17) is 4.74 Å². The summed E-state index contributed by atoms with van der Waals surface area (Å²) in [6.07, 6.45) is 5.81. The first-order valence-electron chi connectivity index (χ1n) is 5.07. The van der Waals surface area contributed by atoms with Crippen LogP contribution in [0.5, 0.6) is 0 Å². The maximum atomic E-state index is 11.1. The molecule has 3 nitrogen and oxygen atoms in total. The predicted octanol–water partition coefficient (Wildman–Crippen LogP) is 2.87. The quantitative estimate of drug-likeness (QED) is 0.707. The van der Waals surface area contributed by atoms with Crippen LogP contribution in [0.3, 0.4) is 0 Å². The second-order valence-corrected chi connectivity index (χ2v) is 4.14. The van der Waals surface area contributed by atoms with E-state index in [0.29, 0.717) is 6.54 Å². The van der Waals surface area contributed by atoms with Crippen molar-refractivity contribution in [2.24, 2.45) is 0 Å². The molecule has 0 radical (unpaired) electrons. The van der Waals surface area contributed by atoms with Gasteiger partial charge in [-0.2, -0.15) is 0 Å². The number of hydrogen-bond acceptors (Lipinski definition) is 2. The Morgan fingerprint density at radius 1 is 1.36 bits per heavy atom. The topological polar surface area (TPSA) is 38.3 Å². The Morgan fingerprint density at radius 2 is 2.00 bits per heavy atom. The van der Waals surface area contributed by atoms with Crippen molar-refractivity contribution in [2.45, 2.75) is 46.1 Å². The van der Waals surface area contributed by atoms with Crippen molar-refractivity contribution in [3.05, 3.63) is 12.2 Å². The number of carbonyl (C=O) groups excluding carboxylic acids is 1. The number of amides is 1. The Morgan fingerprint density at radius 3 is 2.50 bits per heavy atom. The van der Waals surface area contributed by atoms with Gasteiger partial charge in [0.2, 0.25) is 0 Å². The molecule has 0 saturated heterocycles. The summed E-state index contributed by atoms with van der Waals surface area (Å²) in [6.45, 7) is 8.19. The molecule has 1 N–H and O–H groups in total. The number of alkyl carbamates (subject to hydrolysis) is 1. The van der Waals surface area contributed by atoms with Crippen LogP contribution >= 0.6 is 0 Å². The van der Waals surface area contributed by atoms with Gasteiger partial charge in [0.1, 0.15) is 5.60 Å². The second kappa shape index (κ2) is 6.46. The Kier molecular flexibility index (Phi) is 6.00. The van der Waals surface area contributed by atoms with E-state index in [-0.39, 0.29) is 6.09 Å². The number of allylic oxidation sites excluding steroid dienone is 1. The van der Waals surface area contributed by atoms with Gasteiger partial charge in [0, 0.05) is 6.54 Å². The van der Waals surface area contributed by atoms with Gasteiger partial charge in [0.15, 0.2) is 0 Å². The van der Waals surface area contributed by atoms with Gasteiger partial charge in [0.05, 0.1) is 0 Å². The third-order valence-electron chi connectivity index (χ3n) is 1.39. The second-order valence-electron chi connectivity index (χ2n) is 4.14. The molecule has 0 unspecified atom stereocenters. The van der Waals surface area contributed by atoms with Gasteiger partial charge in [-0.3, -0.25) is 0 Å². The fourth-order valence-corrected chi connectivity index (χ4v) is 0.824. The van der Waals surface area contributed by atoms with Crippen LogP contribution in [0.2, 0.25) is 0 Å². The summed E-state index contributed by atoms with van der Waals surface area (Å²) in [5.41, 5.74) is -0.419. The molecule has 0 fully saturated rings. The smallest absolute Gasteiger partial charge is 0.407 e. The molecule has 1 amide bonds. The summed E-state index contributed by atoms with van der Waals surface area (Å²) in [5, 5.41) is 2.65. The molecule has 0 bridgehead atoms. The molecule has 0 aliphatic carbocycles. The maximum Gasteiger partial charge on any atom is 0.407 e. The first-order chi connectivity index (χ1) is 6.45. The highest BCUT2D eigenvalue weighted by Crippen LogP contribution is 2.06. The van der Waals surface area contributed by atoms with Crippen molar-refractivity contribution >= 4 is 6.09 Å². The lowest BCUT2D eigenvalue weighted by atomic mass is 10.2. The zero-order valence-corrected chi connectivity index (χ0v) is 9.59. The fourth-order valence-electron chi connectivity index (χ4n) is 0.824. The molecule has 0 aliphatic heterocycles. The van der Waals surface area contributed by atoms with E-state index >= 15 is 0 Å². The van der Waals surface area contributed by atoms with Crippen LogP contribution in [0.1, 0.15) is 40.5 Å². The van der Waals surface area contributed by atoms with E-state index in [2.05, 4.69) is 18.3 Å². The average molecular weight is 199 g/mol. The van der Waals surface area contributed by atoms with Crippen molar-refractivity contribution in [1.29, 1.82) is 0 Å². The summed E-state index contributed by atoms with van der Waals surface area (Å²) in [7, 11) is 0. The lowest BCUT2D eigenvalue weighted by Gasteiger charge is -2.19. The van der Waals surface area contributed by atoms with Crippen LogP contribution in [-0.2, 0) is 4.74 Å². The highest BCUT2D eigenvalue weighted by atomic mass is 16.6. The molecule has 3 heteroatoms. The lowest BCUT2D eigenvalue weighted by molar-refractivity contribution is 0.0534. The van der Waals surface area contributed by atoms with Crippen molar-refractivity contribution in [2.75, 3.05) is 6.54 Å². The molecular weight excluding hydrogens is 178 g/mol. The van der Waals surface area contributed by atoms with Crippen LogP contribution in [0.25, 0.3) is 0 Å². The monoisotopic (exact) mass is 199 g/mol. The minimum absolute atomic E-state index is 0.362. The Balaban J connectivity index is 3.55. The van der Waals surface area contributed by atoms with Gasteiger partial charge < -0.3 is 10.1 Å². The van der Waals surface area contributed by atoms with Gasteiger partial charge >= 0.3 is 6.09 Å². The van der Waals surface area contributed by atoms with Crippen LogP contribution in [0.15, 0.2) is 12.2 Å². The van der Waals surface area contributed by atoms with Crippen molar-refractivity contribution in [3.63, 3.8) is 0 Å². The largest absolute Gasteiger partial charge is 0.444 e. The molecule has 82 valence electrons. The maximum absolute atomic E-state index is 11.1. The highest BCUT2D eigenvalue weighted by molar-refractivity contribution is 5.67. The Bertz CT molecular complexity index is 192. The number of ether oxygens (including phenoxy) is 1. The summed E-state index contributed by atoms with van der Waals surface area (Å²) >= 11 is 0. The third-order valence-corrected chi connectivity index (χ3v) is 1.39. The number of unbranched alkanes of at least 4 members (excludes halogenated alkanes) is 1. The SMILES string of the molecule is CCCC=CCNC(=O)OC(C)(C)C. The summed E-state index contributed by atoms with van der Waals surface area (Å²) < 4.78 is 5.06. The van der Waals surface area contributed by atoms with Crippen LogP contribution in [-0.4, -0.2) is 18.2 Å². The van der Waals surface area contributed by atoms with Crippen molar-refractivity contribution in [3.8, 4) is 0 Å². The first kappa shape index (κ1) is 13.0. The third kappa shape index (κ3) is 9.10. The van der Waals surface area contributed by atoms with Crippen molar-refractivity contribution in [1.82, 2.24) is 5.32 Å². The van der Waals surface area contributed by atoms with E-state index < -0.39 is 5.60 Å². The first-order valence-corrected chi connectivity index (χ1v) is 5.07. The molecule has 0 saturated carbocycles. The van der Waals surface area contributed by atoms with Gasteiger partial charge in [-0.1, -0.05) is 25.5 Å². The van der Waals surface area contributed by atoms with E-state index in [9.17, 15) is 4.79 Å². The lowest BCUT2D eigenvalue weighted by Crippen LogP contribution is -2.32. The molecule has 0 aliphatic rings. The van der Waals surface area contributed by atoms with Gasteiger partial charge in [-0.15, -0.1) is 0 Å². The molecule has 0 aromatic heterocycles. The summed E-state index contributed by atoms with van der Waals surface area (Å²) in [4.78, 5) is 11.1. The minimum atomic E-state index is -0.419. The van der Waals surface area contributed by atoms with E-state index in [1.807, 2.05) is 26.8 Å². The summed E-state index contributed by atoms with van der Waals surface area (Å²) in [5.74, 6) is 0. The zero-order chi connectivity index (χ0) is 11.0. The number of carbonyl (C=O) groups is 1. The van der Waals surface area contributed by atoms with Gasteiger partial charge in [-0.05, 0) is 27.2 Å². The van der Waals surface area contributed by atoms with E-state index in [1.54, 1.807) is 0 Å². The molecule has 0 spiro atoms. The predicted molar refractivity (Wildman–Crippen MR) is 58.3 cm³/mol. The summed E-state index contributed by atoms with van der Waals surface area (Å²) in [6, 6.07) is 0.